The molecule has 130 valence electrons. The van der Waals surface area contributed by atoms with Gasteiger partial charge in [0.1, 0.15) is 12.4 Å². The molecule has 3 rings (SSSR count). The van der Waals surface area contributed by atoms with Crippen LogP contribution in [0, 0.1) is 0 Å². The molecule has 0 saturated carbocycles. The third-order valence-electron chi connectivity index (χ3n) is 3.80. The Morgan fingerprint density at radius 3 is 2.76 bits per heavy atom. The van der Waals surface area contributed by atoms with Crippen LogP contribution in [0.25, 0.3) is 11.3 Å². The fourth-order valence-corrected chi connectivity index (χ4v) is 2.45. The number of rotatable bonds is 6. The number of aromatic amines is 1. The molecule has 0 radical (unpaired) electrons. The molecule has 7 heteroatoms. The number of hydrogen-bond donors (Lipinski definition) is 3. The lowest BCUT2D eigenvalue weighted by Gasteiger charge is -2.11. The summed E-state index contributed by atoms with van der Waals surface area (Å²) < 4.78 is 1.84. The first-order valence-corrected chi connectivity index (χ1v) is 8.34. The number of aliphatic imine (C=N–C) groups is 1. The molecular weight excluding hydrogens is 314 g/mol. The topological polar surface area (TPSA) is 82.9 Å². The van der Waals surface area contributed by atoms with Crippen LogP contribution in [-0.4, -0.2) is 32.3 Å². The Labute approximate surface area is 147 Å². The highest BCUT2D eigenvalue weighted by atomic mass is 15.3. The lowest BCUT2D eigenvalue weighted by atomic mass is 10.2. The molecule has 3 N–H and O–H groups in total. The zero-order chi connectivity index (χ0) is 17.5. The van der Waals surface area contributed by atoms with E-state index in [2.05, 4.69) is 42.8 Å². The number of aryl methyl sites for hydroxylation is 1. The van der Waals surface area contributed by atoms with Crippen molar-refractivity contribution in [3.8, 4) is 11.3 Å². The van der Waals surface area contributed by atoms with Crippen LogP contribution >= 0.6 is 0 Å². The molecule has 0 aliphatic carbocycles. The second-order valence-electron chi connectivity index (χ2n) is 5.60. The van der Waals surface area contributed by atoms with Crippen molar-refractivity contribution in [2.75, 3.05) is 6.54 Å². The van der Waals surface area contributed by atoms with Crippen LogP contribution < -0.4 is 10.6 Å². The number of aromatic nitrogens is 4. The zero-order valence-corrected chi connectivity index (χ0v) is 14.5. The van der Waals surface area contributed by atoms with Gasteiger partial charge in [0.05, 0.1) is 24.1 Å². The summed E-state index contributed by atoms with van der Waals surface area (Å²) in [6.07, 6.45) is 3.63. The van der Waals surface area contributed by atoms with Gasteiger partial charge in [-0.25, -0.2) is 9.98 Å². The molecule has 2 aromatic heterocycles. The third-order valence-corrected chi connectivity index (χ3v) is 3.80. The van der Waals surface area contributed by atoms with Crippen molar-refractivity contribution in [3.63, 3.8) is 0 Å². The highest BCUT2D eigenvalue weighted by molar-refractivity contribution is 5.79. The van der Waals surface area contributed by atoms with E-state index in [9.17, 15) is 0 Å². The van der Waals surface area contributed by atoms with Gasteiger partial charge in [0, 0.05) is 19.8 Å². The zero-order valence-electron chi connectivity index (χ0n) is 14.5. The summed E-state index contributed by atoms with van der Waals surface area (Å²) in [4.78, 5) is 12.3. The Hall–Kier alpha value is -3.09. The standard InChI is InChI=1S/C18H23N7/c1-3-19-18(21-11-15-9-10-23-25(15)2)22-13-17-20-12-16(24-17)14-7-5-4-6-8-14/h4-10,12H,3,11,13H2,1-2H3,(H,20,24)(H2,19,21,22). The first kappa shape index (κ1) is 16.8. The Kier molecular flexibility index (Phi) is 5.46. The number of guanidine groups is 1. The average molecular weight is 337 g/mol. The van der Waals surface area contributed by atoms with Gasteiger partial charge in [-0.05, 0) is 18.6 Å². The average Bonchev–Trinajstić information content (AvgIpc) is 3.27. The minimum atomic E-state index is 0.480. The van der Waals surface area contributed by atoms with Crippen LogP contribution in [-0.2, 0) is 20.1 Å². The Morgan fingerprint density at radius 2 is 2.04 bits per heavy atom. The SMILES string of the molecule is CCNC(=NCc1ncc(-c2ccccc2)[nH]1)NCc1ccnn1C. The van der Waals surface area contributed by atoms with Crippen molar-refractivity contribution >= 4 is 5.96 Å². The van der Waals surface area contributed by atoms with E-state index in [4.69, 9.17) is 0 Å². The summed E-state index contributed by atoms with van der Waals surface area (Å²) in [6, 6.07) is 12.1. The highest BCUT2D eigenvalue weighted by Crippen LogP contribution is 2.16. The maximum Gasteiger partial charge on any atom is 0.192 e. The molecule has 3 aromatic rings. The minimum Gasteiger partial charge on any atom is -0.357 e. The number of H-pyrrole nitrogens is 1. The molecule has 0 atom stereocenters. The van der Waals surface area contributed by atoms with E-state index in [0.29, 0.717) is 13.1 Å². The van der Waals surface area contributed by atoms with Crippen LogP contribution in [0.5, 0.6) is 0 Å². The lowest BCUT2D eigenvalue weighted by molar-refractivity contribution is 0.684. The van der Waals surface area contributed by atoms with Gasteiger partial charge in [0.2, 0.25) is 0 Å². The highest BCUT2D eigenvalue weighted by Gasteiger charge is 2.04. The first-order valence-electron chi connectivity index (χ1n) is 8.34. The van der Waals surface area contributed by atoms with Gasteiger partial charge in [0.25, 0.3) is 0 Å². The normalized spacial score (nSPS) is 11.5. The van der Waals surface area contributed by atoms with E-state index in [1.807, 2.05) is 49.1 Å². The molecule has 0 spiro atoms. The van der Waals surface area contributed by atoms with Crippen LogP contribution in [0.1, 0.15) is 18.4 Å². The largest absolute Gasteiger partial charge is 0.357 e. The van der Waals surface area contributed by atoms with Crippen molar-refractivity contribution in [1.29, 1.82) is 0 Å². The molecule has 0 amide bonds. The summed E-state index contributed by atoms with van der Waals surface area (Å²) in [7, 11) is 1.93. The number of nitrogens with one attached hydrogen (secondary N) is 3. The van der Waals surface area contributed by atoms with Gasteiger partial charge < -0.3 is 15.6 Å². The van der Waals surface area contributed by atoms with Gasteiger partial charge in [-0.2, -0.15) is 5.10 Å². The molecular formula is C18H23N7. The first-order chi connectivity index (χ1) is 12.3. The molecule has 2 heterocycles. The van der Waals surface area contributed by atoms with Crippen LogP contribution in [0.15, 0.2) is 53.8 Å². The second-order valence-corrected chi connectivity index (χ2v) is 5.60. The van der Waals surface area contributed by atoms with Gasteiger partial charge in [-0.1, -0.05) is 30.3 Å². The van der Waals surface area contributed by atoms with Crippen molar-refractivity contribution in [2.45, 2.75) is 20.0 Å². The maximum absolute atomic E-state index is 4.59. The van der Waals surface area contributed by atoms with E-state index in [-0.39, 0.29) is 0 Å². The summed E-state index contributed by atoms with van der Waals surface area (Å²) in [5, 5.41) is 10.7. The second kappa shape index (κ2) is 8.14. The number of nitrogens with zero attached hydrogens (tertiary/aromatic N) is 4. The van der Waals surface area contributed by atoms with Crippen molar-refractivity contribution in [2.24, 2.45) is 12.0 Å². The molecule has 0 bridgehead atoms. The third kappa shape index (κ3) is 4.47. The van der Waals surface area contributed by atoms with Crippen molar-refractivity contribution in [1.82, 2.24) is 30.4 Å². The Morgan fingerprint density at radius 1 is 1.20 bits per heavy atom. The van der Waals surface area contributed by atoms with E-state index in [1.54, 1.807) is 6.20 Å². The minimum absolute atomic E-state index is 0.480. The summed E-state index contributed by atoms with van der Waals surface area (Å²) in [5.74, 6) is 1.58. The molecule has 1 aromatic carbocycles. The molecule has 25 heavy (non-hydrogen) atoms. The van der Waals surface area contributed by atoms with Crippen LogP contribution in [0.4, 0.5) is 0 Å². The van der Waals surface area contributed by atoms with Gasteiger partial charge >= 0.3 is 0 Å². The fraction of sp³-hybridized carbons (Fsp3) is 0.278. The lowest BCUT2D eigenvalue weighted by Crippen LogP contribution is -2.37. The number of hydrogen-bond acceptors (Lipinski definition) is 3. The molecule has 0 unspecified atom stereocenters. The van der Waals surface area contributed by atoms with Crippen LogP contribution in [0.2, 0.25) is 0 Å². The van der Waals surface area contributed by atoms with Gasteiger partial charge in [0.15, 0.2) is 5.96 Å². The molecule has 0 aliphatic rings. The quantitative estimate of drug-likeness (QED) is 0.475. The summed E-state index contributed by atoms with van der Waals surface area (Å²) in [6.45, 7) is 3.98. The van der Waals surface area contributed by atoms with Crippen LogP contribution in [0.3, 0.4) is 0 Å². The Balaban J connectivity index is 1.63. The maximum atomic E-state index is 4.59. The van der Waals surface area contributed by atoms with Crippen molar-refractivity contribution in [3.05, 3.63) is 60.3 Å². The summed E-state index contributed by atoms with van der Waals surface area (Å²) in [5.41, 5.74) is 3.21. The fourth-order valence-electron chi connectivity index (χ4n) is 2.45. The van der Waals surface area contributed by atoms with E-state index >= 15 is 0 Å². The summed E-state index contributed by atoms with van der Waals surface area (Å²) >= 11 is 0. The molecule has 0 aliphatic heterocycles. The van der Waals surface area contributed by atoms with Gasteiger partial charge in [-0.3, -0.25) is 4.68 Å². The predicted molar refractivity (Wildman–Crippen MR) is 98.9 cm³/mol. The molecule has 0 saturated heterocycles. The van der Waals surface area contributed by atoms with E-state index < -0.39 is 0 Å². The molecule has 0 fully saturated rings. The monoisotopic (exact) mass is 337 g/mol. The van der Waals surface area contributed by atoms with Gasteiger partial charge in [-0.15, -0.1) is 0 Å². The van der Waals surface area contributed by atoms with Crippen molar-refractivity contribution < 1.29 is 0 Å². The predicted octanol–water partition coefficient (Wildman–Crippen LogP) is 2.07. The van der Waals surface area contributed by atoms with E-state index in [0.717, 1.165) is 35.3 Å². The number of benzene rings is 1. The smallest absolute Gasteiger partial charge is 0.192 e. The molecule has 7 nitrogen and oxygen atoms in total. The van der Waals surface area contributed by atoms with E-state index in [1.165, 1.54) is 0 Å². The number of imidazole rings is 1. The Bertz CT molecular complexity index is 817.